The fraction of sp³-hybridized carbons (Fsp3) is 0.0833. The van der Waals surface area contributed by atoms with Crippen molar-refractivity contribution >= 4 is 28.6 Å². The van der Waals surface area contributed by atoms with Gasteiger partial charge in [-0.05, 0) is 48.0 Å². The molecule has 0 aliphatic heterocycles. The van der Waals surface area contributed by atoms with E-state index in [1.807, 2.05) is 36.5 Å². The summed E-state index contributed by atoms with van der Waals surface area (Å²) in [7, 11) is 3.14. The number of H-pyrrole nitrogens is 1. The normalized spacial score (nSPS) is 10.9. The molecule has 0 atom stereocenters. The molecule has 4 rings (SSSR count). The smallest absolute Gasteiger partial charge is 0.248 e. The standard InChI is InChI=1S/C24H21N3O4/c1-29-21-9-6-16(14-22(21)30-2)7-10-23(28)27-17-8-11-24(26-15-17)31-20-5-3-4-19-18(20)12-13-25-19/h3-15,25H,1-2H3,(H,27,28). The average molecular weight is 415 g/mol. The van der Waals surface area contributed by atoms with E-state index in [0.717, 1.165) is 16.5 Å². The molecule has 2 aromatic carbocycles. The molecule has 0 saturated carbocycles. The van der Waals surface area contributed by atoms with Crippen molar-refractivity contribution in [2.75, 3.05) is 19.5 Å². The maximum Gasteiger partial charge on any atom is 0.248 e. The number of amides is 1. The van der Waals surface area contributed by atoms with E-state index in [1.165, 1.54) is 6.08 Å². The highest BCUT2D eigenvalue weighted by Gasteiger charge is 2.06. The summed E-state index contributed by atoms with van der Waals surface area (Å²) in [4.78, 5) is 19.7. The van der Waals surface area contributed by atoms with Crippen molar-refractivity contribution in [1.29, 1.82) is 0 Å². The number of hydrogen-bond acceptors (Lipinski definition) is 5. The minimum atomic E-state index is -0.276. The minimum absolute atomic E-state index is 0.276. The quantitative estimate of drug-likeness (QED) is 0.414. The Morgan fingerprint density at radius 3 is 2.65 bits per heavy atom. The lowest BCUT2D eigenvalue weighted by Gasteiger charge is -2.08. The number of methoxy groups -OCH3 is 2. The zero-order valence-electron chi connectivity index (χ0n) is 17.1. The number of ether oxygens (including phenoxy) is 3. The van der Waals surface area contributed by atoms with Gasteiger partial charge in [-0.25, -0.2) is 4.98 Å². The number of rotatable bonds is 7. The summed E-state index contributed by atoms with van der Waals surface area (Å²) in [5.41, 5.74) is 2.37. The SMILES string of the molecule is COc1ccc(C=CC(=O)Nc2ccc(Oc3cccc4[nH]ccc34)nc2)cc1OC. The van der Waals surface area contributed by atoms with Gasteiger partial charge in [-0.1, -0.05) is 12.1 Å². The van der Waals surface area contributed by atoms with Crippen LogP contribution in [0.25, 0.3) is 17.0 Å². The second-order valence-electron chi connectivity index (χ2n) is 6.62. The van der Waals surface area contributed by atoms with Gasteiger partial charge in [0.1, 0.15) is 5.75 Å². The number of aromatic amines is 1. The molecule has 7 nitrogen and oxygen atoms in total. The van der Waals surface area contributed by atoms with E-state index < -0.39 is 0 Å². The Kier molecular flexibility index (Phi) is 5.84. The lowest BCUT2D eigenvalue weighted by Crippen LogP contribution is -2.07. The van der Waals surface area contributed by atoms with Crippen LogP contribution in [0.2, 0.25) is 0 Å². The van der Waals surface area contributed by atoms with Gasteiger partial charge in [0.05, 0.1) is 26.1 Å². The first kappa shape index (κ1) is 20.0. The number of benzene rings is 2. The summed E-state index contributed by atoms with van der Waals surface area (Å²) in [6.45, 7) is 0. The first-order valence-corrected chi connectivity index (χ1v) is 9.57. The molecule has 1 amide bonds. The molecule has 2 aromatic heterocycles. The molecule has 31 heavy (non-hydrogen) atoms. The van der Waals surface area contributed by atoms with Crippen LogP contribution in [0.1, 0.15) is 5.56 Å². The Hall–Kier alpha value is -4.26. The molecular weight excluding hydrogens is 394 g/mol. The summed E-state index contributed by atoms with van der Waals surface area (Å²) in [5, 5.41) is 3.75. The van der Waals surface area contributed by atoms with Crippen LogP contribution in [-0.4, -0.2) is 30.1 Å². The van der Waals surface area contributed by atoms with Crippen molar-refractivity contribution in [3.8, 4) is 23.1 Å². The molecule has 0 unspecified atom stereocenters. The van der Waals surface area contributed by atoms with Crippen LogP contribution in [0, 0.1) is 0 Å². The summed E-state index contributed by atoms with van der Waals surface area (Å²) < 4.78 is 16.4. The van der Waals surface area contributed by atoms with Crippen molar-refractivity contribution in [2.45, 2.75) is 0 Å². The third-order valence-electron chi connectivity index (χ3n) is 4.61. The van der Waals surface area contributed by atoms with Gasteiger partial charge in [-0.3, -0.25) is 4.79 Å². The summed E-state index contributed by atoms with van der Waals surface area (Å²) in [6, 6.07) is 16.6. The molecule has 0 aliphatic rings. The summed E-state index contributed by atoms with van der Waals surface area (Å²) in [6.07, 6.45) is 6.55. The van der Waals surface area contributed by atoms with Crippen molar-refractivity contribution in [1.82, 2.24) is 9.97 Å². The van der Waals surface area contributed by atoms with Crippen LogP contribution in [0.15, 0.2) is 73.1 Å². The highest BCUT2D eigenvalue weighted by atomic mass is 16.5. The second kappa shape index (κ2) is 9.04. The van der Waals surface area contributed by atoms with Crippen LogP contribution >= 0.6 is 0 Å². The number of anilines is 1. The number of nitrogens with one attached hydrogen (secondary N) is 2. The van der Waals surface area contributed by atoms with Crippen molar-refractivity contribution in [3.05, 3.63) is 78.6 Å². The van der Waals surface area contributed by atoms with Gasteiger partial charge in [-0.2, -0.15) is 0 Å². The Morgan fingerprint density at radius 1 is 1.00 bits per heavy atom. The van der Waals surface area contributed by atoms with Crippen molar-refractivity contribution in [2.24, 2.45) is 0 Å². The Bertz CT molecular complexity index is 1230. The van der Waals surface area contributed by atoms with E-state index in [0.29, 0.717) is 28.8 Å². The molecule has 0 spiro atoms. The second-order valence-corrected chi connectivity index (χ2v) is 6.62. The van der Waals surface area contributed by atoms with Crippen LogP contribution in [-0.2, 0) is 4.79 Å². The van der Waals surface area contributed by atoms with Gasteiger partial charge in [-0.15, -0.1) is 0 Å². The van der Waals surface area contributed by atoms with Gasteiger partial charge in [0.15, 0.2) is 11.5 Å². The van der Waals surface area contributed by atoms with E-state index in [4.69, 9.17) is 14.2 Å². The van der Waals surface area contributed by atoms with Crippen LogP contribution in [0.3, 0.4) is 0 Å². The number of pyridine rings is 1. The van der Waals surface area contributed by atoms with E-state index in [2.05, 4.69) is 15.3 Å². The lowest BCUT2D eigenvalue weighted by atomic mass is 10.2. The molecule has 0 saturated heterocycles. The van der Waals surface area contributed by atoms with E-state index >= 15 is 0 Å². The third kappa shape index (κ3) is 4.67. The number of nitrogens with zero attached hydrogens (tertiary/aromatic N) is 1. The van der Waals surface area contributed by atoms with E-state index in [9.17, 15) is 4.79 Å². The number of hydrogen-bond donors (Lipinski definition) is 2. The number of carbonyl (C=O) groups excluding carboxylic acids is 1. The highest BCUT2D eigenvalue weighted by molar-refractivity contribution is 6.01. The largest absolute Gasteiger partial charge is 0.493 e. The number of fused-ring (bicyclic) bond motifs is 1. The fourth-order valence-corrected chi connectivity index (χ4v) is 3.09. The Morgan fingerprint density at radius 2 is 1.87 bits per heavy atom. The predicted molar refractivity (Wildman–Crippen MR) is 120 cm³/mol. The van der Waals surface area contributed by atoms with E-state index in [-0.39, 0.29) is 5.91 Å². The highest BCUT2D eigenvalue weighted by Crippen LogP contribution is 2.29. The van der Waals surface area contributed by atoms with E-state index in [1.54, 1.807) is 50.8 Å². The van der Waals surface area contributed by atoms with Crippen LogP contribution in [0.4, 0.5) is 5.69 Å². The van der Waals surface area contributed by atoms with Gasteiger partial charge >= 0.3 is 0 Å². The maximum absolute atomic E-state index is 12.2. The van der Waals surface area contributed by atoms with Crippen LogP contribution < -0.4 is 19.5 Å². The first-order valence-electron chi connectivity index (χ1n) is 9.57. The van der Waals surface area contributed by atoms with Crippen molar-refractivity contribution in [3.63, 3.8) is 0 Å². The molecule has 2 heterocycles. The molecule has 0 aliphatic carbocycles. The van der Waals surface area contributed by atoms with Crippen LogP contribution in [0.5, 0.6) is 23.1 Å². The fourth-order valence-electron chi connectivity index (χ4n) is 3.09. The Balaban J connectivity index is 1.39. The summed E-state index contributed by atoms with van der Waals surface area (Å²) >= 11 is 0. The minimum Gasteiger partial charge on any atom is -0.493 e. The lowest BCUT2D eigenvalue weighted by molar-refractivity contribution is -0.111. The summed E-state index contributed by atoms with van der Waals surface area (Å²) in [5.74, 6) is 2.10. The molecular formula is C24H21N3O4. The van der Waals surface area contributed by atoms with Gasteiger partial charge in [0.2, 0.25) is 11.8 Å². The molecule has 7 heteroatoms. The Labute approximate surface area is 179 Å². The molecule has 0 radical (unpaired) electrons. The zero-order valence-corrected chi connectivity index (χ0v) is 17.1. The molecule has 0 bridgehead atoms. The predicted octanol–water partition coefficient (Wildman–Crippen LogP) is 5.02. The van der Waals surface area contributed by atoms with Crippen molar-refractivity contribution < 1.29 is 19.0 Å². The first-order chi connectivity index (χ1) is 15.2. The molecule has 4 aromatic rings. The monoisotopic (exact) mass is 415 g/mol. The number of aromatic nitrogens is 2. The topological polar surface area (TPSA) is 85.5 Å². The molecule has 156 valence electrons. The molecule has 2 N–H and O–H groups in total. The average Bonchev–Trinajstić information content (AvgIpc) is 3.29. The van der Waals surface area contributed by atoms with Gasteiger partial charge < -0.3 is 24.5 Å². The van der Waals surface area contributed by atoms with Gasteiger partial charge in [0, 0.05) is 29.2 Å². The molecule has 0 fully saturated rings. The maximum atomic E-state index is 12.2. The van der Waals surface area contributed by atoms with Gasteiger partial charge in [0.25, 0.3) is 0 Å². The third-order valence-corrected chi connectivity index (χ3v) is 4.61. The zero-order chi connectivity index (χ0) is 21.6. The number of carbonyl (C=O) groups is 1.